The number of amides is 1. The molecule has 108 valence electrons. The van der Waals surface area contributed by atoms with Gasteiger partial charge in [0.15, 0.2) is 0 Å². The first-order chi connectivity index (χ1) is 9.66. The molecule has 0 bridgehead atoms. The summed E-state index contributed by atoms with van der Waals surface area (Å²) in [5, 5.41) is 8.65. The molecule has 2 heterocycles. The molecule has 1 aromatic heterocycles. The number of carboxylic acid groups (broad SMARTS) is 1. The average Bonchev–Trinajstić information content (AvgIpc) is 2.92. The molecule has 1 saturated heterocycles. The zero-order chi connectivity index (χ0) is 14.4. The number of carboxylic acids is 1. The van der Waals surface area contributed by atoms with Crippen molar-refractivity contribution in [2.24, 2.45) is 0 Å². The van der Waals surface area contributed by atoms with Gasteiger partial charge in [-0.25, -0.2) is 0 Å². The van der Waals surface area contributed by atoms with Gasteiger partial charge in [0.1, 0.15) is 0 Å². The highest BCUT2D eigenvalue weighted by atomic mass is 16.4. The zero-order valence-electron chi connectivity index (χ0n) is 11.5. The fraction of sp³-hybridized carbons (Fsp3) is 0.533. The Morgan fingerprint density at radius 3 is 2.75 bits per heavy atom. The Morgan fingerprint density at radius 2 is 2.05 bits per heavy atom. The number of nitrogens with zero attached hydrogens (tertiary/aromatic N) is 2. The maximum Gasteiger partial charge on any atom is 0.303 e. The van der Waals surface area contributed by atoms with Crippen LogP contribution in [0.4, 0.5) is 0 Å². The first-order valence-corrected chi connectivity index (χ1v) is 7.07. The Hall–Kier alpha value is -1.91. The molecule has 1 aliphatic rings. The summed E-state index contributed by atoms with van der Waals surface area (Å²) in [5.74, 6) is -0.935. The van der Waals surface area contributed by atoms with Crippen molar-refractivity contribution in [1.82, 2.24) is 9.88 Å². The van der Waals surface area contributed by atoms with Gasteiger partial charge < -0.3 is 10.0 Å². The maximum absolute atomic E-state index is 12.0. The van der Waals surface area contributed by atoms with Crippen molar-refractivity contribution in [3.8, 4) is 0 Å². The van der Waals surface area contributed by atoms with Crippen molar-refractivity contribution < 1.29 is 14.7 Å². The SMILES string of the molecule is O=C(O)CCC(=O)N1CCCC1CCc1ccncc1. The molecule has 1 N–H and O–H groups in total. The second-order valence-corrected chi connectivity index (χ2v) is 5.17. The van der Waals surface area contributed by atoms with E-state index in [1.54, 1.807) is 12.4 Å². The predicted octanol–water partition coefficient (Wildman–Crippen LogP) is 1.87. The summed E-state index contributed by atoms with van der Waals surface area (Å²) in [6.45, 7) is 0.763. The number of aromatic nitrogens is 1. The fourth-order valence-corrected chi connectivity index (χ4v) is 2.70. The van der Waals surface area contributed by atoms with Crippen LogP contribution in [0.2, 0.25) is 0 Å². The van der Waals surface area contributed by atoms with Crippen molar-refractivity contribution in [2.75, 3.05) is 6.54 Å². The summed E-state index contributed by atoms with van der Waals surface area (Å²) < 4.78 is 0. The molecule has 1 aliphatic heterocycles. The third-order valence-corrected chi connectivity index (χ3v) is 3.77. The maximum atomic E-state index is 12.0. The molecule has 1 amide bonds. The highest BCUT2D eigenvalue weighted by Crippen LogP contribution is 2.22. The number of hydrogen-bond donors (Lipinski definition) is 1. The second kappa shape index (κ2) is 7.03. The van der Waals surface area contributed by atoms with Crippen LogP contribution in [0.3, 0.4) is 0 Å². The van der Waals surface area contributed by atoms with Crippen molar-refractivity contribution in [2.45, 2.75) is 44.6 Å². The van der Waals surface area contributed by atoms with Crippen molar-refractivity contribution in [1.29, 1.82) is 0 Å². The molecule has 0 saturated carbocycles. The number of aryl methyl sites for hydroxylation is 1. The molecule has 20 heavy (non-hydrogen) atoms. The number of carbonyl (C=O) groups is 2. The molecule has 5 nitrogen and oxygen atoms in total. The summed E-state index contributed by atoms with van der Waals surface area (Å²) in [5.41, 5.74) is 1.23. The lowest BCUT2D eigenvalue weighted by atomic mass is 10.0. The third-order valence-electron chi connectivity index (χ3n) is 3.77. The van der Waals surface area contributed by atoms with E-state index in [0.717, 1.165) is 32.2 Å². The van der Waals surface area contributed by atoms with Crippen LogP contribution in [-0.2, 0) is 16.0 Å². The number of hydrogen-bond acceptors (Lipinski definition) is 3. The van der Waals surface area contributed by atoms with Crippen molar-refractivity contribution in [3.63, 3.8) is 0 Å². The Kier molecular flexibility index (Phi) is 5.09. The predicted molar refractivity (Wildman–Crippen MR) is 74.2 cm³/mol. The molecule has 0 spiro atoms. The van der Waals surface area contributed by atoms with Crippen LogP contribution in [0.15, 0.2) is 24.5 Å². The molecule has 1 aromatic rings. The smallest absolute Gasteiger partial charge is 0.303 e. The van der Waals surface area contributed by atoms with Gasteiger partial charge >= 0.3 is 5.97 Å². The van der Waals surface area contributed by atoms with E-state index in [1.807, 2.05) is 17.0 Å². The second-order valence-electron chi connectivity index (χ2n) is 5.17. The van der Waals surface area contributed by atoms with Gasteiger partial charge in [0, 0.05) is 31.4 Å². The average molecular weight is 276 g/mol. The van der Waals surface area contributed by atoms with E-state index in [0.29, 0.717) is 0 Å². The van der Waals surface area contributed by atoms with E-state index in [-0.39, 0.29) is 24.8 Å². The van der Waals surface area contributed by atoms with Gasteiger partial charge in [-0.15, -0.1) is 0 Å². The molecule has 0 radical (unpaired) electrons. The van der Waals surface area contributed by atoms with Gasteiger partial charge in [-0.1, -0.05) is 0 Å². The van der Waals surface area contributed by atoms with Gasteiger partial charge in [0.05, 0.1) is 6.42 Å². The third kappa shape index (κ3) is 4.05. The molecule has 2 rings (SSSR count). The lowest BCUT2D eigenvalue weighted by Crippen LogP contribution is -2.35. The van der Waals surface area contributed by atoms with Gasteiger partial charge in [0.25, 0.3) is 0 Å². The molecular formula is C15H20N2O3. The van der Waals surface area contributed by atoms with Crippen LogP contribution < -0.4 is 0 Å². The first-order valence-electron chi connectivity index (χ1n) is 7.07. The normalized spacial score (nSPS) is 18.2. The van der Waals surface area contributed by atoms with Crippen molar-refractivity contribution in [3.05, 3.63) is 30.1 Å². The van der Waals surface area contributed by atoms with E-state index >= 15 is 0 Å². The number of aliphatic carboxylic acids is 1. The highest BCUT2D eigenvalue weighted by molar-refractivity contribution is 5.81. The fourth-order valence-electron chi connectivity index (χ4n) is 2.70. The van der Waals surface area contributed by atoms with Crippen LogP contribution in [0.5, 0.6) is 0 Å². The molecule has 0 aromatic carbocycles. The molecule has 1 atom stereocenters. The van der Waals surface area contributed by atoms with Gasteiger partial charge in [-0.2, -0.15) is 0 Å². The summed E-state index contributed by atoms with van der Waals surface area (Å²) in [6, 6.07) is 4.24. The number of pyridine rings is 1. The largest absolute Gasteiger partial charge is 0.481 e. The Morgan fingerprint density at radius 1 is 1.30 bits per heavy atom. The standard InChI is InChI=1S/C15H20N2O3/c18-14(5-6-15(19)20)17-11-1-2-13(17)4-3-12-7-9-16-10-8-12/h7-10,13H,1-6,11H2,(H,19,20). The lowest BCUT2D eigenvalue weighted by Gasteiger charge is -2.24. The summed E-state index contributed by atoms with van der Waals surface area (Å²) >= 11 is 0. The van der Waals surface area contributed by atoms with Crippen molar-refractivity contribution >= 4 is 11.9 Å². The van der Waals surface area contributed by atoms with Crippen LogP contribution in [0, 0.1) is 0 Å². The van der Waals surface area contributed by atoms with Gasteiger partial charge in [-0.05, 0) is 43.4 Å². The molecule has 1 fully saturated rings. The highest BCUT2D eigenvalue weighted by Gasteiger charge is 2.28. The van der Waals surface area contributed by atoms with Gasteiger partial charge in [-0.3, -0.25) is 14.6 Å². The van der Waals surface area contributed by atoms with E-state index in [4.69, 9.17) is 5.11 Å². The molecular weight excluding hydrogens is 256 g/mol. The lowest BCUT2D eigenvalue weighted by molar-refractivity contribution is -0.141. The number of rotatable bonds is 6. The molecule has 0 aliphatic carbocycles. The Bertz CT molecular complexity index is 461. The minimum absolute atomic E-state index is 0.0235. The Labute approximate surface area is 118 Å². The van der Waals surface area contributed by atoms with E-state index in [2.05, 4.69) is 4.98 Å². The van der Waals surface area contributed by atoms with Crippen LogP contribution in [0.1, 0.15) is 37.7 Å². The molecule has 5 heteroatoms. The van der Waals surface area contributed by atoms with Gasteiger partial charge in [0.2, 0.25) is 5.91 Å². The Balaban J connectivity index is 1.84. The summed E-state index contributed by atoms with van der Waals surface area (Å²) in [7, 11) is 0. The van der Waals surface area contributed by atoms with E-state index in [1.165, 1.54) is 5.56 Å². The zero-order valence-corrected chi connectivity index (χ0v) is 11.5. The summed E-state index contributed by atoms with van der Waals surface area (Å²) in [4.78, 5) is 28.4. The quantitative estimate of drug-likeness (QED) is 0.861. The minimum Gasteiger partial charge on any atom is -0.481 e. The van der Waals surface area contributed by atoms with E-state index in [9.17, 15) is 9.59 Å². The number of carbonyl (C=O) groups excluding carboxylic acids is 1. The van der Waals surface area contributed by atoms with E-state index < -0.39 is 5.97 Å². The topological polar surface area (TPSA) is 70.5 Å². The minimum atomic E-state index is -0.911. The number of likely N-dealkylation sites (tertiary alicyclic amines) is 1. The molecule has 1 unspecified atom stereocenters. The van der Waals surface area contributed by atoms with Crippen LogP contribution >= 0.6 is 0 Å². The van der Waals surface area contributed by atoms with Crippen LogP contribution in [-0.4, -0.2) is 39.5 Å². The monoisotopic (exact) mass is 276 g/mol. The summed E-state index contributed by atoms with van der Waals surface area (Å²) in [6.07, 6.45) is 7.48. The van der Waals surface area contributed by atoms with Crippen LogP contribution in [0.25, 0.3) is 0 Å². The first kappa shape index (κ1) is 14.5.